The molecule has 1 unspecified atom stereocenters. The Morgan fingerprint density at radius 3 is 2.63 bits per heavy atom. The van der Waals surface area contributed by atoms with Crippen LogP contribution in [0.2, 0.25) is 0 Å². The Hall–Kier alpha value is -3.08. The van der Waals surface area contributed by atoms with Gasteiger partial charge in [0, 0.05) is 31.6 Å². The van der Waals surface area contributed by atoms with Crippen LogP contribution in [0, 0.1) is 0 Å². The van der Waals surface area contributed by atoms with E-state index in [4.69, 9.17) is 0 Å². The maximum Gasteiger partial charge on any atom is 0.220 e. The van der Waals surface area contributed by atoms with Crippen LogP contribution in [0.3, 0.4) is 0 Å². The van der Waals surface area contributed by atoms with E-state index >= 15 is 0 Å². The van der Waals surface area contributed by atoms with Gasteiger partial charge in [0.25, 0.3) is 0 Å². The molecule has 0 bridgehead atoms. The number of carbonyl (C=O) groups is 1. The van der Waals surface area contributed by atoms with Crippen molar-refractivity contribution in [3.8, 4) is 11.3 Å². The van der Waals surface area contributed by atoms with Crippen LogP contribution in [0.5, 0.6) is 0 Å². The molecular weight excluding hydrogens is 336 g/mol. The first-order valence-electron chi connectivity index (χ1n) is 9.47. The monoisotopic (exact) mass is 360 g/mol. The highest BCUT2D eigenvalue weighted by Crippen LogP contribution is 2.24. The molecule has 1 aliphatic rings. The van der Waals surface area contributed by atoms with Crippen molar-refractivity contribution >= 4 is 11.7 Å². The van der Waals surface area contributed by atoms with E-state index < -0.39 is 0 Å². The lowest BCUT2D eigenvalue weighted by molar-refractivity contribution is -0.121. The van der Waals surface area contributed by atoms with Crippen LogP contribution in [-0.4, -0.2) is 35.2 Å². The van der Waals surface area contributed by atoms with Gasteiger partial charge in [-0.3, -0.25) is 9.89 Å². The SMILES string of the molecule is O=C(CCc1ccccc1)NC1CCN(c2cc(-c3ccccc3)[nH]n2)C1. The van der Waals surface area contributed by atoms with Gasteiger partial charge in [0.2, 0.25) is 5.91 Å². The van der Waals surface area contributed by atoms with Crippen LogP contribution < -0.4 is 10.2 Å². The summed E-state index contributed by atoms with van der Waals surface area (Å²) >= 11 is 0. The molecule has 1 aromatic heterocycles. The first kappa shape index (κ1) is 17.3. The molecule has 2 N–H and O–H groups in total. The van der Waals surface area contributed by atoms with Crippen molar-refractivity contribution in [1.29, 1.82) is 0 Å². The van der Waals surface area contributed by atoms with Gasteiger partial charge in [-0.25, -0.2) is 0 Å². The van der Waals surface area contributed by atoms with Crippen molar-refractivity contribution in [2.45, 2.75) is 25.3 Å². The fourth-order valence-corrected chi connectivity index (χ4v) is 3.53. The van der Waals surface area contributed by atoms with E-state index in [1.807, 2.05) is 36.4 Å². The van der Waals surface area contributed by atoms with Gasteiger partial charge in [-0.15, -0.1) is 0 Å². The minimum Gasteiger partial charge on any atom is -0.353 e. The van der Waals surface area contributed by atoms with Crippen molar-refractivity contribution in [1.82, 2.24) is 15.5 Å². The molecule has 0 radical (unpaired) electrons. The molecule has 1 fully saturated rings. The van der Waals surface area contributed by atoms with Crippen LogP contribution in [0.25, 0.3) is 11.3 Å². The van der Waals surface area contributed by atoms with Crippen LogP contribution >= 0.6 is 0 Å². The Balaban J connectivity index is 1.29. The molecule has 5 nitrogen and oxygen atoms in total. The largest absolute Gasteiger partial charge is 0.353 e. The molecule has 4 rings (SSSR count). The van der Waals surface area contributed by atoms with Gasteiger partial charge in [-0.05, 0) is 24.0 Å². The molecule has 1 amide bonds. The number of anilines is 1. The lowest BCUT2D eigenvalue weighted by atomic mass is 10.1. The van der Waals surface area contributed by atoms with Crippen molar-refractivity contribution in [2.75, 3.05) is 18.0 Å². The third-order valence-electron chi connectivity index (χ3n) is 5.01. The average molecular weight is 360 g/mol. The highest BCUT2D eigenvalue weighted by molar-refractivity contribution is 5.76. The highest BCUT2D eigenvalue weighted by Gasteiger charge is 2.25. The van der Waals surface area contributed by atoms with Crippen molar-refractivity contribution in [3.63, 3.8) is 0 Å². The standard InChI is InChI=1S/C22H24N4O/c27-22(12-11-17-7-3-1-4-8-17)23-19-13-14-26(16-19)21-15-20(24-25-21)18-9-5-2-6-10-18/h1-10,15,19H,11-14,16H2,(H,23,27)(H,24,25). The predicted molar refractivity (Wildman–Crippen MR) is 108 cm³/mol. The molecule has 0 spiro atoms. The predicted octanol–water partition coefficient (Wildman–Crippen LogP) is 3.40. The summed E-state index contributed by atoms with van der Waals surface area (Å²) in [5.41, 5.74) is 3.34. The molecule has 1 aliphatic heterocycles. The van der Waals surface area contributed by atoms with Gasteiger partial charge < -0.3 is 10.2 Å². The van der Waals surface area contributed by atoms with Crippen molar-refractivity contribution < 1.29 is 4.79 Å². The summed E-state index contributed by atoms with van der Waals surface area (Å²) in [7, 11) is 0. The van der Waals surface area contributed by atoms with Crippen LogP contribution in [0.1, 0.15) is 18.4 Å². The number of aromatic nitrogens is 2. The molecule has 1 atom stereocenters. The number of nitrogens with zero attached hydrogens (tertiary/aromatic N) is 2. The van der Waals surface area contributed by atoms with Crippen LogP contribution in [0.4, 0.5) is 5.82 Å². The van der Waals surface area contributed by atoms with Gasteiger partial charge in [-0.2, -0.15) is 5.10 Å². The quantitative estimate of drug-likeness (QED) is 0.708. The normalized spacial score (nSPS) is 16.4. The number of hydrogen-bond acceptors (Lipinski definition) is 3. The fraction of sp³-hybridized carbons (Fsp3) is 0.273. The third-order valence-corrected chi connectivity index (χ3v) is 5.01. The van der Waals surface area contributed by atoms with E-state index in [0.717, 1.165) is 43.0 Å². The third kappa shape index (κ3) is 4.37. The van der Waals surface area contributed by atoms with Gasteiger partial charge in [-0.1, -0.05) is 60.7 Å². The summed E-state index contributed by atoms with van der Waals surface area (Å²) in [5.74, 6) is 1.06. The van der Waals surface area contributed by atoms with Gasteiger partial charge in [0.1, 0.15) is 0 Å². The number of H-pyrrole nitrogens is 1. The molecule has 2 aromatic carbocycles. The topological polar surface area (TPSA) is 61.0 Å². The number of nitrogens with one attached hydrogen (secondary N) is 2. The molecule has 138 valence electrons. The number of benzene rings is 2. The average Bonchev–Trinajstić information content (AvgIpc) is 3.37. The molecule has 3 aromatic rings. The van der Waals surface area contributed by atoms with Gasteiger partial charge in [0.05, 0.1) is 5.69 Å². The second-order valence-electron chi connectivity index (χ2n) is 6.99. The molecule has 5 heteroatoms. The summed E-state index contributed by atoms with van der Waals surface area (Å²) < 4.78 is 0. The van der Waals surface area contributed by atoms with Gasteiger partial charge in [0.15, 0.2) is 5.82 Å². The van der Waals surface area contributed by atoms with E-state index in [-0.39, 0.29) is 11.9 Å². The summed E-state index contributed by atoms with van der Waals surface area (Å²) in [6.07, 6.45) is 2.26. The first-order chi connectivity index (χ1) is 13.3. The zero-order valence-electron chi connectivity index (χ0n) is 15.3. The lowest BCUT2D eigenvalue weighted by Crippen LogP contribution is -2.37. The smallest absolute Gasteiger partial charge is 0.220 e. The Kier molecular flexibility index (Phi) is 5.19. The maximum atomic E-state index is 12.3. The molecule has 0 saturated carbocycles. The van der Waals surface area contributed by atoms with Crippen molar-refractivity contribution in [3.05, 3.63) is 72.3 Å². The maximum absolute atomic E-state index is 12.3. The fourth-order valence-electron chi connectivity index (χ4n) is 3.53. The molecule has 1 saturated heterocycles. The van der Waals surface area contributed by atoms with Crippen molar-refractivity contribution in [2.24, 2.45) is 0 Å². The van der Waals surface area contributed by atoms with Crippen LogP contribution in [0.15, 0.2) is 66.7 Å². The molecule has 2 heterocycles. The summed E-state index contributed by atoms with van der Waals surface area (Å²) in [6, 6.07) is 22.6. The zero-order chi connectivity index (χ0) is 18.5. The van der Waals surface area contributed by atoms with E-state index in [2.05, 4.69) is 50.7 Å². The highest BCUT2D eigenvalue weighted by atomic mass is 16.1. The number of rotatable bonds is 6. The van der Waals surface area contributed by atoms with E-state index in [1.165, 1.54) is 5.56 Å². The Morgan fingerprint density at radius 1 is 1.11 bits per heavy atom. The summed E-state index contributed by atoms with van der Waals surface area (Å²) in [6.45, 7) is 1.71. The Bertz CT molecular complexity index is 876. The minimum atomic E-state index is 0.123. The van der Waals surface area contributed by atoms with E-state index in [1.54, 1.807) is 0 Å². The minimum absolute atomic E-state index is 0.123. The first-order valence-corrected chi connectivity index (χ1v) is 9.47. The number of carbonyl (C=O) groups excluding carboxylic acids is 1. The van der Waals surface area contributed by atoms with E-state index in [9.17, 15) is 4.79 Å². The molecule has 0 aliphatic carbocycles. The zero-order valence-corrected chi connectivity index (χ0v) is 15.3. The second-order valence-corrected chi connectivity index (χ2v) is 6.99. The number of amides is 1. The van der Waals surface area contributed by atoms with Gasteiger partial charge >= 0.3 is 0 Å². The lowest BCUT2D eigenvalue weighted by Gasteiger charge is -2.16. The van der Waals surface area contributed by atoms with E-state index in [0.29, 0.717) is 6.42 Å². The number of aryl methyl sites for hydroxylation is 1. The summed E-state index contributed by atoms with van der Waals surface area (Å²) in [5, 5.41) is 10.7. The number of hydrogen-bond donors (Lipinski definition) is 2. The Labute approximate surface area is 159 Å². The Morgan fingerprint density at radius 2 is 1.85 bits per heavy atom. The molecule has 27 heavy (non-hydrogen) atoms. The molecular formula is C22H24N4O. The second kappa shape index (κ2) is 8.08. The summed E-state index contributed by atoms with van der Waals surface area (Å²) in [4.78, 5) is 14.5. The number of aromatic amines is 1. The van der Waals surface area contributed by atoms with Crippen LogP contribution in [-0.2, 0) is 11.2 Å².